The van der Waals surface area contributed by atoms with Crippen LogP contribution in [0.15, 0.2) is 48.5 Å². The van der Waals surface area contributed by atoms with Gasteiger partial charge in [0.25, 0.3) is 0 Å². The van der Waals surface area contributed by atoms with Crippen molar-refractivity contribution in [1.82, 2.24) is 10.6 Å². The first kappa shape index (κ1) is 24.3. The number of hydrogen-bond acceptors (Lipinski definition) is 4. The molecular formula is C26H32N2O5. The lowest BCUT2D eigenvalue weighted by Crippen LogP contribution is -2.60. The number of amides is 2. The van der Waals surface area contributed by atoms with E-state index in [9.17, 15) is 19.5 Å². The number of nitrogens with one attached hydrogen (secondary N) is 2. The molecule has 7 nitrogen and oxygen atoms in total. The van der Waals surface area contributed by atoms with Gasteiger partial charge in [-0.15, -0.1) is 0 Å². The molecule has 3 rings (SSSR count). The highest BCUT2D eigenvalue weighted by Crippen LogP contribution is 2.44. The summed E-state index contributed by atoms with van der Waals surface area (Å²) in [5, 5.41) is 14.7. The topological polar surface area (TPSA) is 105 Å². The largest absolute Gasteiger partial charge is 0.480 e. The van der Waals surface area contributed by atoms with Crippen LogP contribution < -0.4 is 10.6 Å². The molecule has 176 valence electrons. The fourth-order valence-corrected chi connectivity index (χ4v) is 4.07. The summed E-state index contributed by atoms with van der Waals surface area (Å²) in [4.78, 5) is 37.3. The predicted molar refractivity (Wildman–Crippen MR) is 126 cm³/mol. The monoisotopic (exact) mass is 452 g/mol. The van der Waals surface area contributed by atoms with Crippen LogP contribution in [0, 0.1) is 5.41 Å². The molecule has 2 aromatic rings. The number of carbonyl (C=O) groups is 3. The van der Waals surface area contributed by atoms with E-state index in [4.69, 9.17) is 4.74 Å². The minimum atomic E-state index is -1.43. The maximum absolute atomic E-state index is 12.9. The van der Waals surface area contributed by atoms with Gasteiger partial charge < -0.3 is 20.5 Å². The Labute approximate surface area is 194 Å². The second-order valence-corrected chi connectivity index (χ2v) is 9.75. The summed E-state index contributed by atoms with van der Waals surface area (Å²) in [6, 6.07) is 15.1. The number of rotatable bonds is 7. The smallest absolute Gasteiger partial charge is 0.407 e. The first-order valence-electron chi connectivity index (χ1n) is 11.1. The number of carbonyl (C=O) groups excluding carboxylic acids is 2. The molecule has 2 aromatic carbocycles. The average Bonchev–Trinajstić information content (AvgIpc) is 3.08. The fraction of sp³-hybridized carbons (Fsp3) is 0.423. The van der Waals surface area contributed by atoms with Gasteiger partial charge >= 0.3 is 12.1 Å². The normalized spacial score (nSPS) is 15.5. The van der Waals surface area contributed by atoms with Gasteiger partial charge in [-0.05, 0) is 41.0 Å². The van der Waals surface area contributed by atoms with Crippen LogP contribution in [0.4, 0.5) is 4.79 Å². The lowest BCUT2D eigenvalue weighted by Gasteiger charge is -2.33. The lowest BCUT2D eigenvalue weighted by atomic mass is 9.85. The molecule has 0 spiro atoms. The SMILES string of the molecule is CCC(C)(NC(=O)C(NC(=O)OCC1c2ccccc2-c2ccccc21)C(C)(C)C)C(=O)O. The number of ether oxygens (including phenoxy) is 1. The molecule has 0 fully saturated rings. The van der Waals surface area contributed by atoms with Gasteiger partial charge in [-0.1, -0.05) is 76.2 Å². The van der Waals surface area contributed by atoms with Crippen molar-refractivity contribution in [3.8, 4) is 11.1 Å². The molecular weight excluding hydrogens is 420 g/mol. The molecule has 33 heavy (non-hydrogen) atoms. The highest BCUT2D eigenvalue weighted by Gasteiger charge is 2.40. The van der Waals surface area contributed by atoms with Gasteiger partial charge in [-0.2, -0.15) is 0 Å². The fourth-order valence-electron chi connectivity index (χ4n) is 4.07. The summed E-state index contributed by atoms with van der Waals surface area (Å²) in [5.41, 5.74) is 2.35. The summed E-state index contributed by atoms with van der Waals surface area (Å²) in [7, 11) is 0. The summed E-state index contributed by atoms with van der Waals surface area (Å²) >= 11 is 0. The summed E-state index contributed by atoms with van der Waals surface area (Å²) < 4.78 is 5.57. The molecule has 0 aliphatic heterocycles. The van der Waals surface area contributed by atoms with Crippen molar-refractivity contribution < 1.29 is 24.2 Å². The van der Waals surface area contributed by atoms with E-state index >= 15 is 0 Å². The van der Waals surface area contributed by atoms with E-state index in [0.29, 0.717) is 0 Å². The standard InChI is InChI=1S/C26H32N2O5/c1-6-26(5,23(30)31)28-22(29)21(25(2,3)4)27-24(32)33-15-20-18-13-9-7-11-16(18)17-12-8-10-14-19(17)20/h7-14,20-21H,6,15H2,1-5H3,(H,27,32)(H,28,29)(H,30,31). The molecule has 7 heteroatoms. The molecule has 2 atom stereocenters. The van der Waals surface area contributed by atoms with Gasteiger partial charge in [0.2, 0.25) is 5.91 Å². The summed E-state index contributed by atoms with van der Waals surface area (Å²) in [6.07, 6.45) is -0.518. The molecule has 0 aromatic heterocycles. The van der Waals surface area contributed by atoms with Crippen LogP contribution in [0.1, 0.15) is 58.1 Å². The van der Waals surface area contributed by atoms with Gasteiger partial charge in [0, 0.05) is 5.92 Å². The minimum absolute atomic E-state index is 0.0968. The predicted octanol–water partition coefficient (Wildman–Crippen LogP) is 4.31. The zero-order valence-electron chi connectivity index (χ0n) is 19.8. The minimum Gasteiger partial charge on any atom is -0.480 e. The molecule has 0 saturated carbocycles. The molecule has 2 unspecified atom stereocenters. The van der Waals surface area contributed by atoms with Crippen molar-refractivity contribution >= 4 is 18.0 Å². The van der Waals surface area contributed by atoms with E-state index in [1.807, 2.05) is 36.4 Å². The molecule has 2 amide bonds. The van der Waals surface area contributed by atoms with Crippen LogP contribution in [0.3, 0.4) is 0 Å². The van der Waals surface area contributed by atoms with E-state index in [0.717, 1.165) is 22.3 Å². The molecule has 0 saturated heterocycles. The Balaban J connectivity index is 1.72. The number of carboxylic acids is 1. The zero-order valence-corrected chi connectivity index (χ0v) is 19.8. The molecule has 1 aliphatic carbocycles. The average molecular weight is 453 g/mol. The Morgan fingerprint density at radius 1 is 0.970 bits per heavy atom. The van der Waals surface area contributed by atoms with Crippen molar-refractivity contribution in [3.63, 3.8) is 0 Å². The van der Waals surface area contributed by atoms with E-state index in [2.05, 4.69) is 22.8 Å². The van der Waals surface area contributed by atoms with E-state index < -0.39 is 35.0 Å². The van der Waals surface area contributed by atoms with Crippen LogP contribution in [0.25, 0.3) is 11.1 Å². The second kappa shape index (κ2) is 9.25. The molecule has 0 bridgehead atoms. The highest BCUT2D eigenvalue weighted by atomic mass is 16.5. The third kappa shape index (κ3) is 5.02. The maximum Gasteiger partial charge on any atom is 0.407 e. The van der Waals surface area contributed by atoms with Crippen molar-refractivity contribution in [2.75, 3.05) is 6.61 Å². The van der Waals surface area contributed by atoms with E-state index in [1.54, 1.807) is 27.7 Å². The van der Waals surface area contributed by atoms with Crippen LogP contribution >= 0.6 is 0 Å². The number of benzene rings is 2. The Bertz CT molecular complexity index is 1010. The van der Waals surface area contributed by atoms with Crippen LogP contribution in [-0.4, -0.2) is 41.3 Å². The number of hydrogen-bond donors (Lipinski definition) is 3. The van der Waals surface area contributed by atoms with Crippen LogP contribution in [-0.2, 0) is 14.3 Å². The zero-order chi connectivity index (χ0) is 24.4. The molecule has 3 N–H and O–H groups in total. The van der Waals surface area contributed by atoms with Gasteiger partial charge in [0.15, 0.2) is 0 Å². The highest BCUT2D eigenvalue weighted by molar-refractivity contribution is 5.91. The lowest BCUT2D eigenvalue weighted by molar-refractivity contribution is -0.147. The van der Waals surface area contributed by atoms with Crippen molar-refractivity contribution in [1.29, 1.82) is 0 Å². The van der Waals surface area contributed by atoms with Gasteiger partial charge in [0.05, 0.1) is 0 Å². The number of fused-ring (bicyclic) bond motifs is 3. The Morgan fingerprint density at radius 3 is 1.94 bits per heavy atom. The van der Waals surface area contributed by atoms with Crippen molar-refractivity contribution in [3.05, 3.63) is 59.7 Å². The van der Waals surface area contributed by atoms with Gasteiger partial charge in [0.1, 0.15) is 18.2 Å². The molecule has 0 heterocycles. The van der Waals surface area contributed by atoms with Crippen LogP contribution in [0.5, 0.6) is 0 Å². The molecule has 0 radical (unpaired) electrons. The Hall–Kier alpha value is -3.35. The van der Waals surface area contributed by atoms with E-state index in [-0.39, 0.29) is 18.9 Å². The summed E-state index contributed by atoms with van der Waals surface area (Å²) in [5.74, 6) is -1.80. The first-order valence-corrected chi connectivity index (χ1v) is 11.1. The third-order valence-corrected chi connectivity index (χ3v) is 6.31. The van der Waals surface area contributed by atoms with E-state index in [1.165, 1.54) is 6.92 Å². The third-order valence-electron chi connectivity index (χ3n) is 6.31. The quantitative estimate of drug-likeness (QED) is 0.581. The number of alkyl carbamates (subject to hydrolysis) is 1. The first-order chi connectivity index (χ1) is 15.5. The summed E-state index contributed by atoms with van der Waals surface area (Å²) in [6.45, 7) is 8.64. The maximum atomic E-state index is 12.9. The van der Waals surface area contributed by atoms with Gasteiger partial charge in [-0.3, -0.25) is 4.79 Å². The molecule has 1 aliphatic rings. The van der Waals surface area contributed by atoms with Crippen molar-refractivity contribution in [2.45, 2.75) is 58.5 Å². The van der Waals surface area contributed by atoms with Crippen molar-refractivity contribution in [2.24, 2.45) is 5.41 Å². The Kier molecular flexibility index (Phi) is 6.81. The Morgan fingerprint density at radius 2 is 1.48 bits per heavy atom. The van der Waals surface area contributed by atoms with Gasteiger partial charge in [-0.25, -0.2) is 9.59 Å². The number of aliphatic carboxylic acids is 1. The number of carboxylic acid groups (broad SMARTS) is 1. The second-order valence-electron chi connectivity index (χ2n) is 9.75. The van der Waals surface area contributed by atoms with Crippen LogP contribution in [0.2, 0.25) is 0 Å².